The summed E-state index contributed by atoms with van der Waals surface area (Å²) in [6.45, 7) is 4.84. The summed E-state index contributed by atoms with van der Waals surface area (Å²) in [4.78, 5) is 35.8. The second-order valence-corrected chi connectivity index (χ2v) is 4.29. The number of amides is 3. The molecule has 1 heterocycles. The van der Waals surface area contributed by atoms with E-state index in [4.69, 9.17) is 5.73 Å². The average molecular weight is 227 g/mol. The Morgan fingerprint density at radius 1 is 1.62 bits per heavy atom. The third-order valence-corrected chi connectivity index (χ3v) is 2.91. The number of nitrogens with one attached hydrogen (secondary N) is 1. The molecule has 3 amide bonds. The largest absolute Gasteiger partial charge is 0.320 e. The second kappa shape index (κ2) is 4.21. The fraction of sp³-hybridized carbons (Fsp3) is 0.700. The summed E-state index contributed by atoms with van der Waals surface area (Å²) in [7, 11) is 0. The van der Waals surface area contributed by atoms with Crippen LogP contribution in [0.3, 0.4) is 0 Å². The molecule has 0 saturated carbocycles. The van der Waals surface area contributed by atoms with E-state index in [2.05, 4.69) is 5.32 Å². The fourth-order valence-corrected chi connectivity index (χ4v) is 1.44. The van der Waals surface area contributed by atoms with Gasteiger partial charge in [0, 0.05) is 0 Å². The number of piperazine rings is 1. The molecule has 6 heteroatoms. The first-order valence-corrected chi connectivity index (χ1v) is 5.23. The number of rotatable bonds is 2. The van der Waals surface area contributed by atoms with Gasteiger partial charge < -0.3 is 10.6 Å². The van der Waals surface area contributed by atoms with Crippen molar-refractivity contribution in [3.05, 3.63) is 0 Å². The normalized spacial score (nSPS) is 25.0. The summed E-state index contributed by atoms with van der Waals surface area (Å²) in [5.41, 5.74) is 4.77. The zero-order chi connectivity index (χ0) is 12.5. The van der Waals surface area contributed by atoms with Crippen LogP contribution in [-0.4, -0.2) is 40.7 Å². The molecular formula is C10H17N3O3. The zero-order valence-electron chi connectivity index (χ0n) is 9.74. The van der Waals surface area contributed by atoms with Crippen LogP contribution >= 0.6 is 0 Å². The molecule has 1 fully saturated rings. The van der Waals surface area contributed by atoms with Gasteiger partial charge in [0.2, 0.25) is 17.7 Å². The van der Waals surface area contributed by atoms with Crippen molar-refractivity contribution in [2.24, 2.45) is 5.73 Å². The molecule has 3 N–H and O–H groups in total. The first-order valence-electron chi connectivity index (χ1n) is 5.23. The van der Waals surface area contributed by atoms with E-state index < -0.39 is 23.4 Å². The van der Waals surface area contributed by atoms with Gasteiger partial charge in [-0.3, -0.25) is 19.7 Å². The van der Waals surface area contributed by atoms with Gasteiger partial charge in [-0.1, -0.05) is 6.92 Å². The number of imide groups is 1. The molecule has 0 aromatic carbocycles. The molecule has 0 aromatic heterocycles. The van der Waals surface area contributed by atoms with E-state index >= 15 is 0 Å². The van der Waals surface area contributed by atoms with Crippen molar-refractivity contribution >= 4 is 17.7 Å². The smallest absolute Gasteiger partial charge is 0.249 e. The van der Waals surface area contributed by atoms with Crippen LogP contribution in [0.1, 0.15) is 27.2 Å². The third-order valence-electron chi connectivity index (χ3n) is 2.91. The zero-order valence-corrected chi connectivity index (χ0v) is 9.74. The summed E-state index contributed by atoms with van der Waals surface area (Å²) in [5.74, 6) is -1.30. The number of carbonyl (C=O) groups excluding carboxylic acids is 3. The Balaban J connectivity index is 2.90. The van der Waals surface area contributed by atoms with E-state index in [1.807, 2.05) is 0 Å². The fourth-order valence-electron chi connectivity index (χ4n) is 1.44. The van der Waals surface area contributed by atoms with Gasteiger partial charge in [-0.15, -0.1) is 0 Å². The monoisotopic (exact) mass is 227 g/mol. The van der Waals surface area contributed by atoms with E-state index in [1.165, 1.54) is 4.90 Å². The van der Waals surface area contributed by atoms with Gasteiger partial charge in [-0.05, 0) is 20.3 Å². The first-order chi connectivity index (χ1) is 7.29. The molecule has 0 bridgehead atoms. The van der Waals surface area contributed by atoms with Gasteiger partial charge in [0.15, 0.2) is 0 Å². The second-order valence-electron chi connectivity index (χ2n) is 4.29. The standard InChI is InChI=1S/C10H17N3O3/c1-4-10(3,11)9(16)13-5-7(14)12-8(15)6(13)2/h6H,4-5,11H2,1-3H3,(H,12,14,15). The molecule has 1 rings (SSSR count). The SMILES string of the molecule is CCC(C)(N)C(=O)N1CC(=O)NC(=O)C1C. The molecule has 1 saturated heterocycles. The highest BCUT2D eigenvalue weighted by molar-refractivity contribution is 6.05. The maximum atomic E-state index is 12.0. The average Bonchev–Trinajstić information content (AvgIpc) is 2.22. The number of hydrogen-bond acceptors (Lipinski definition) is 4. The van der Waals surface area contributed by atoms with Crippen molar-refractivity contribution in [1.82, 2.24) is 10.2 Å². The summed E-state index contributed by atoms with van der Waals surface area (Å²) in [5, 5.41) is 2.17. The van der Waals surface area contributed by atoms with Crippen LogP contribution in [0.25, 0.3) is 0 Å². The third kappa shape index (κ3) is 2.21. The number of hydrogen-bond donors (Lipinski definition) is 2. The minimum absolute atomic E-state index is 0.113. The van der Waals surface area contributed by atoms with Gasteiger partial charge in [-0.25, -0.2) is 0 Å². The van der Waals surface area contributed by atoms with E-state index in [9.17, 15) is 14.4 Å². The van der Waals surface area contributed by atoms with Crippen LogP contribution in [-0.2, 0) is 14.4 Å². The molecule has 0 radical (unpaired) electrons. The molecule has 0 aliphatic carbocycles. The quantitative estimate of drug-likeness (QED) is 0.591. The lowest BCUT2D eigenvalue weighted by Gasteiger charge is -2.36. The highest BCUT2D eigenvalue weighted by Crippen LogP contribution is 2.14. The number of nitrogens with two attached hydrogens (primary N) is 1. The highest BCUT2D eigenvalue weighted by Gasteiger charge is 2.39. The van der Waals surface area contributed by atoms with Crippen molar-refractivity contribution in [1.29, 1.82) is 0 Å². The molecule has 2 unspecified atom stereocenters. The van der Waals surface area contributed by atoms with E-state index in [-0.39, 0.29) is 12.5 Å². The van der Waals surface area contributed by atoms with Crippen molar-refractivity contribution in [2.45, 2.75) is 38.8 Å². The lowest BCUT2D eigenvalue weighted by molar-refractivity contribution is -0.152. The van der Waals surface area contributed by atoms with Crippen LogP contribution in [0.4, 0.5) is 0 Å². The van der Waals surface area contributed by atoms with Crippen molar-refractivity contribution in [2.75, 3.05) is 6.54 Å². The molecule has 0 aromatic rings. The predicted octanol–water partition coefficient (Wildman–Crippen LogP) is -1.01. The molecule has 1 aliphatic rings. The summed E-state index contributed by atoms with van der Waals surface area (Å²) in [6, 6.07) is -0.653. The maximum Gasteiger partial charge on any atom is 0.249 e. The molecule has 6 nitrogen and oxygen atoms in total. The van der Waals surface area contributed by atoms with Gasteiger partial charge in [-0.2, -0.15) is 0 Å². The van der Waals surface area contributed by atoms with Crippen molar-refractivity contribution < 1.29 is 14.4 Å². The van der Waals surface area contributed by atoms with E-state index in [1.54, 1.807) is 20.8 Å². The van der Waals surface area contributed by atoms with Crippen LogP contribution in [0, 0.1) is 0 Å². The number of carbonyl (C=O) groups is 3. The Morgan fingerprint density at radius 3 is 2.69 bits per heavy atom. The minimum atomic E-state index is -1.04. The van der Waals surface area contributed by atoms with Crippen molar-refractivity contribution in [3.8, 4) is 0 Å². The minimum Gasteiger partial charge on any atom is -0.320 e. The molecule has 90 valence electrons. The van der Waals surface area contributed by atoms with E-state index in [0.29, 0.717) is 6.42 Å². The maximum absolute atomic E-state index is 12.0. The summed E-state index contributed by atoms with van der Waals surface area (Å²) >= 11 is 0. The van der Waals surface area contributed by atoms with Gasteiger partial charge in [0.25, 0.3) is 0 Å². The number of nitrogens with zero attached hydrogens (tertiary/aromatic N) is 1. The van der Waals surface area contributed by atoms with Crippen molar-refractivity contribution in [3.63, 3.8) is 0 Å². The van der Waals surface area contributed by atoms with Crippen LogP contribution in [0.15, 0.2) is 0 Å². The lowest BCUT2D eigenvalue weighted by Crippen LogP contribution is -2.64. The van der Waals surface area contributed by atoms with Gasteiger partial charge in [0.05, 0.1) is 5.54 Å². The molecule has 0 spiro atoms. The molecule has 1 aliphatic heterocycles. The Morgan fingerprint density at radius 2 is 2.19 bits per heavy atom. The topological polar surface area (TPSA) is 92.5 Å². The predicted molar refractivity (Wildman–Crippen MR) is 57.2 cm³/mol. The highest BCUT2D eigenvalue weighted by atomic mass is 16.2. The summed E-state index contributed by atoms with van der Waals surface area (Å²) in [6.07, 6.45) is 0.449. The molecule has 16 heavy (non-hydrogen) atoms. The Hall–Kier alpha value is -1.43. The van der Waals surface area contributed by atoms with Crippen LogP contribution in [0.5, 0.6) is 0 Å². The van der Waals surface area contributed by atoms with Gasteiger partial charge >= 0.3 is 0 Å². The molecular weight excluding hydrogens is 210 g/mol. The Labute approximate surface area is 94.2 Å². The van der Waals surface area contributed by atoms with E-state index in [0.717, 1.165) is 0 Å². The Bertz CT molecular complexity index is 338. The summed E-state index contributed by atoms with van der Waals surface area (Å²) < 4.78 is 0. The first kappa shape index (κ1) is 12.6. The van der Waals surface area contributed by atoms with Crippen LogP contribution < -0.4 is 11.1 Å². The lowest BCUT2D eigenvalue weighted by atomic mass is 9.97. The molecule has 2 atom stereocenters. The van der Waals surface area contributed by atoms with Crippen LogP contribution in [0.2, 0.25) is 0 Å². The van der Waals surface area contributed by atoms with Gasteiger partial charge in [0.1, 0.15) is 12.6 Å². The Kier molecular flexibility index (Phi) is 3.32.